The quantitative estimate of drug-likeness (QED) is 0.180. The van der Waals surface area contributed by atoms with Crippen LogP contribution in [-0.2, 0) is 0 Å². The van der Waals surface area contributed by atoms with Crippen molar-refractivity contribution in [3.8, 4) is 33.6 Å². The first-order valence-electron chi connectivity index (χ1n) is 17.7. The third-order valence-corrected chi connectivity index (χ3v) is 11.0. The highest BCUT2D eigenvalue weighted by Gasteiger charge is 2.29. The zero-order valence-electron chi connectivity index (χ0n) is 27.9. The fraction of sp³-hybridized carbons (Fsp3) is 0.0204. The Morgan fingerprint density at radius 1 is 0.314 bits per heavy atom. The molecule has 10 aromatic rings. The van der Waals surface area contributed by atoms with Crippen molar-refractivity contribution in [3.63, 3.8) is 0 Å². The van der Waals surface area contributed by atoms with Gasteiger partial charge in [0.1, 0.15) is 0 Å². The highest BCUT2D eigenvalue weighted by molar-refractivity contribution is 6.12. The van der Waals surface area contributed by atoms with Crippen molar-refractivity contribution >= 4 is 43.6 Å². The third kappa shape index (κ3) is 4.17. The molecule has 51 heavy (non-hydrogen) atoms. The van der Waals surface area contributed by atoms with Gasteiger partial charge in [0.05, 0.1) is 22.1 Å². The molecule has 0 unspecified atom stereocenters. The van der Waals surface area contributed by atoms with Crippen LogP contribution in [0.5, 0.6) is 0 Å². The molecule has 2 heteroatoms. The largest absolute Gasteiger partial charge is 0.309 e. The Bertz CT molecular complexity index is 2910. The smallest absolute Gasteiger partial charge is 0.0547 e. The van der Waals surface area contributed by atoms with E-state index in [1.165, 1.54) is 93.9 Å². The van der Waals surface area contributed by atoms with Gasteiger partial charge >= 0.3 is 0 Å². The molecule has 238 valence electrons. The summed E-state index contributed by atoms with van der Waals surface area (Å²) >= 11 is 0. The number of hydrogen-bond acceptors (Lipinski definition) is 0. The number of aromatic nitrogens is 2. The fourth-order valence-corrected chi connectivity index (χ4v) is 8.77. The SMILES string of the molecule is c1ccc(-n2c3ccccc3c3ccc(-c4ccc5c(c4)c4ccccc4n5-c4ccc(C5c6ccccc6-c6ccccc65)cc4)cc32)cc1. The number of nitrogens with zero attached hydrogens (tertiary/aromatic N) is 2. The van der Waals surface area contributed by atoms with Crippen molar-refractivity contribution < 1.29 is 0 Å². The van der Waals surface area contributed by atoms with Gasteiger partial charge < -0.3 is 9.13 Å². The van der Waals surface area contributed by atoms with Gasteiger partial charge in [0.15, 0.2) is 0 Å². The first kappa shape index (κ1) is 28.2. The van der Waals surface area contributed by atoms with Crippen LogP contribution in [0.25, 0.3) is 77.2 Å². The van der Waals surface area contributed by atoms with E-state index < -0.39 is 0 Å². The molecule has 1 aliphatic carbocycles. The molecule has 0 spiro atoms. The van der Waals surface area contributed by atoms with Crippen LogP contribution in [0.15, 0.2) is 188 Å². The lowest BCUT2D eigenvalue weighted by molar-refractivity contribution is 1.01. The summed E-state index contributed by atoms with van der Waals surface area (Å²) in [6.45, 7) is 0. The lowest BCUT2D eigenvalue weighted by Gasteiger charge is -2.16. The summed E-state index contributed by atoms with van der Waals surface area (Å²) in [5, 5.41) is 5.06. The molecule has 0 saturated heterocycles. The topological polar surface area (TPSA) is 9.86 Å². The minimum Gasteiger partial charge on any atom is -0.309 e. The summed E-state index contributed by atoms with van der Waals surface area (Å²) in [5.74, 6) is 0.241. The van der Waals surface area contributed by atoms with Gasteiger partial charge in [-0.05, 0) is 93.5 Å². The summed E-state index contributed by atoms with van der Waals surface area (Å²) in [6, 6.07) is 69.1. The Hall–Kier alpha value is -6.64. The van der Waals surface area contributed by atoms with Gasteiger partial charge in [0, 0.05) is 38.8 Å². The molecular weight excluding hydrogens is 617 g/mol. The number of hydrogen-bond donors (Lipinski definition) is 0. The molecule has 0 N–H and O–H groups in total. The molecule has 0 fully saturated rings. The maximum absolute atomic E-state index is 2.42. The van der Waals surface area contributed by atoms with Crippen molar-refractivity contribution in [2.45, 2.75) is 5.92 Å². The van der Waals surface area contributed by atoms with Crippen LogP contribution >= 0.6 is 0 Å². The number of para-hydroxylation sites is 3. The van der Waals surface area contributed by atoms with Gasteiger partial charge in [0.2, 0.25) is 0 Å². The van der Waals surface area contributed by atoms with Gasteiger partial charge in [-0.1, -0.05) is 133 Å². The summed E-state index contributed by atoms with van der Waals surface area (Å²) < 4.78 is 4.82. The zero-order valence-corrected chi connectivity index (χ0v) is 27.9. The molecule has 0 amide bonds. The molecule has 0 bridgehead atoms. The van der Waals surface area contributed by atoms with Gasteiger partial charge in [0.25, 0.3) is 0 Å². The van der Waals surface area contributed by atoms with Crippen LogP contribution in [0.2, 0.25) is 0 Å². The highest BCUT2D eigenvalue weighted by Crippen LogP contribution is 2.48. The first-order valence-corrected chi connectivity index (χ1v) is 17.7. The molecule has 1 aliphatic rings. The zero-order chi connectivity index (χ0) is 33.5. The van der Waals surface area contributed by atoms with E-state index in [4.69, 9.17) is 0 Å². The number of benzene rings is 8. The van der Waals surface area contributed by atoms with Crippen LogP contribution < -0.4 is 0 Å². The molecule has 2 heterocycles. The minimum atomic E-state index is 0.241. The van der Waals surface area contributed by atoms with E-state index >= 15 is 0 Å². The average Bonchev–Trinajstić information content (AvgIpc) is 3.83. The first-order chi connectivity index (χ1) is 25.3. The second-order valence-electron chi connectivity index (χ2n) is 13.7. The summed E-state index contributed by atoms with van der Waals surface area (Å²) in [5.41, 5.74) is 16.4. The molecule has 0 radical (unpaired) electrons. The number of fused-ring (bicyclic) bond motifs is 9. The predicted octanol–water partition coefficient (Wildman–Crippen LogP) is 12.7. The van der Waals surface area contributed by atoms with E-state index in [0.29, 0.717) is 0 Å². The van der Waals surface area contributed by atoms with Crippen LogP contribution in [0.4, 0.5) is 0 Å². The van der Waals surface area contributed by atoms with Crippen molar-refractivity contribution in [2.75, 3.05) is 0 Å². The van der Waals surface area contributed by atoms with E-state index in [0.717, 1.165) is 0 Å². The van der Waals surface area contributed by atoms with Gasteiger partial charge in [-0.2, -0.15) is 0 Å². The Morgan fingerprint density at radius 2 is 0.804 bits per heavy atom. The lowest BCUT2D eigenvalue weighted by Crippen LogP contribution is -2.00. The summed E-state index contributed by atoms with van der Waals surface area (Å²) in [7, 11) is 0. The van der Waals surface area contributed by atoms with Gasteiger partial charge in [-0.3, -0.25) is 0 Å². The molecule has 0 saturated carbocycles. The minimum absolute atomic E-state index is 0.241. The van der Waals surface area contributed by atoms with Crippen molar-refractivity contribution in [1.29, 1.82) is 0 Å². The van der Waals surface area contributed by atoms with Gasteiger partial charge in [-0.25, -0.2) is 0 Å². The second-order valence-corrected chi connectivity index (χ2v) is 13.7. The van der Waals surface area contributed by atoms with E-state index in [1.54, 1.807) is 0 Å². The monoisotopic (exact) mass is 648 g/mol. The second kappa shape index (κ2) is 10.9. The average molecular weight is 649 g/mol. The van der Waals surface area contributed by atoms with Crippen LogP contribution in [0, 0.1) is 0 Å². The Labute approximate surface area is 296 Å². The Balaban J connectivity index is 1.04. The van der Waals surface area contributed by atoms with E-state index in [-0.39, 0.29) is 5.92 Å². The third-order valence-electron chi connectivity index (χ3n) is 11.0. The molecular formula is C49H32N2. The van der Waals surface area contributed by atoms with E-state index in [2.05, 4.69) is 197 Å². The normalized spacial score (nSPS) is 12.6. The Morgan fingerprint density at radius 3 is 1.51 bits per heavy atom. The highest BCUT2D eigenvalue weighted by atomic mass is 15.0. The van der Waals surface area contributed by atoms with Crippen molar-refractivity contribution in [1.82, 2.24) is 9.13 Å². The van der Waals surface area contributed by atoms with Crippen molar-refractivity contribution in [2.24, 2.45) is 0 Å². The standard InChI is InChI=1S/C49H32N2/c1-2-12-35(13-3-1)51-45-20-10-8-16-39(45)41-28-24-34(31-48(41)51)33-25-29-47-44(30-33)40-17-9-11-21-46(40)50(47)36-26-22-32(23-27-36)49-42-18-6-4-14-37(42)38-15-5-7-19-43(38)49/h1-31,49H. The predicted molar refractivity (Wildman–Crippen MR) is 213 cm³/mol. The summed E-state index contributed by atoms with van der Waals surface area (Å²) in [4.78, 5) is 0. The summed E-state index contributed by atoms with van der Waals surface area (Å²) in [6.07, 6.45) is 0. The van der Waals surface area contributed by atoms with Crippen LogP contribution in [-0.4, -0.2) is 9.13 Å². The Kier molecular flexibility index (Phi) is 6.05. The molecule has 8 aromatic carbocycles. The maximum Gasteiger partial charge on any atom is 0.0547 e. The molecule has 2 nitrogen and oxygen atoms in total. The van der Waals surface area contributed by atoms with E-state index in [1.807, 2.05) is 0 Å². The number of rotatable bonds is 4. The van der Waals surface area contributed by atoms with Crippen LogP contribution in [0.1, 0.15) is 22.6 Å². The molecule has 0 atom stereocenters. The van der Waals surface area contributed by atoms with Crippen LogP contribution in [0.3, 0.4) is 0 Å². The van der Waals surface area contributed by atoms with E-state index in [9.17, 15) is 0 Å². The molecule has 2 aromatic heterocycles. The fourth-order valence-electron chi connectivity index (χ4n) is 8.77. The lowest BCUT2D eigenvalue weighted by atomic mass is 9.89. The molecule has 0 aliphatic heterocycles. The van der Waals surface area contributed by atoms with Crippen molar-refractivity contribution in [3.05, 3.63) is 205 Å². The van der Waals surface area contributed by atoms with Gasteiger partial charge in [-0.15, -0.1) is 0 Å². The molecule has 11 rings (SSSR count). The maximum atomic E-state index is 2.42.